The number of hydrogen-bond acceptors (Lipinski definition) is 6. The molecule has 0 amide bonds. The first kappa shape index (κ1) is 23.2. The van der Waals surface area contributed by atoms with E-state index in [0.717, 1.165) is 74.7 Å². The predicted octanol–water partition coefficient (Wildman–Crippen LogP) is 3.65. The molecule has 0 aliphatic carbocycles. The van der Waals surface area contributed by atoms with Gasteiger partial charge < -0.3 is 19.9 Å². The van der Waals surface area contributed by atoms with Crippen molar-refractivity contribution in [3.05, 3.63) is 60.2 Å². The molecule has 8 nitrogen and oxygen atoms in total. The summed E-state index contributed by atoms with van der Waals surface area (Å²) in [6, 6.07) is 13.6. The lowest BCUT2D eigenvalue weighted by Gasteiger charge is -2.11. The van der Waals surface area contributed by atoms with Crippen molar-refractivity contribution in [2.24, 2.45) is 4.99 Å². The number of rotatable bonds is 12. The summed E-state index contributed by atoms with van der Waals surface area (Å²) in [4.78, 5) is 13.5. The van der Waals surface area contributed by atoms with Crippen molar-refractivity contribution >= 4 is 5.96 Å². The minimum absolute atomic E-state index is 0.610. The molecule has 0 bridgehead atoms. The molecule has 0 atom stereocenters. The van der Waals surface area contributed by atoms with Crippen LogP contribution in [0.25, 0.3) is 11.4 Å². The van der Waals surface area contributed by atoms with Crippen molar-refractivity contribution in [2.75, 3.05) is 26.7 Å². The summed E-state index contributed by atoms with van der Waals surface area (Å²) in [5.41, 5.74) is 1.99. The van der Waals surface area contributed by atoms with Crippen LogP contribution in [0.4, 0.5) is 0 Å². The Kier molecular flexibility index (Phi) is 9.51. The monoisotopic (exact) mass is 436 g/mol. The van der Waals surface area contributed by atoms with Gasteiger partial charge in [-0.2, -0.15) is 4.98 Å². The summed E-state index contributed by atoms with van der Waals surface area (Å²) < 4.78 is 10.6. The van der Waals surface area contributed by atoms with Crippen LogP contribution in [0.15, 0.2) is 58.2 Å². The van der Waals surface area contributed by atoms with Gasteiger partial charge in [0.05, 0.1) is 7.11 Å². The molecular formula is C24H32N6O2. The van der Waals surface area contributed by atoms with E-state index in [1.807, 2.05) is 48.7 Å². The highest BCUT2D eigenvalue weighted by Gasteiger charge is 2.08. The number of ether oxygens (including phenoxy) is 1. The van der Waals surface area contributed by atoms with Crippen molar-refractivity contribution in [1.29, 1.82) is 0 Å². The SMILES string of the molecule is CCNC(=NCCCCCc1nc(-c2ccc(OC)cc2)no1)NCCc1ccccn1. The normalized spacial score (nSPS) is 11.4. The summed E-state index contributed by atoms with van der Waals surface area (Å²) in [6.07, 6.45) is 6.52. The molecule has 0 aliphatic rings. The van der Waals surface area contributed by atoms with Gasteiger partial charge in [-0.1, -0.05) is 17.6 Å². The largest absolute Gasteiger partial charge is 0.497 e. The molecule has 0 saturated carbocycles. The highest BCUT2D eigenvalue weighted by Crippen LogP contribution is 2.20. The molecule has 0 unspecified atom stereocenters. The zero-order chi connectivity index (χ0) is 22.4. The van der Waals surface area contributed by atoms with Crippen LogP contribution in [-0.4, -0.2) is 47.8 Å². The molecular weight excluding hydrogens is 404 g/mol. The number of pyridine rings is 1. The number of benzene rings is 1. The van der Waals surface area contributed by atoms with Gasteiger partial charge in [-0.15, -0.1) is 0 Å². The fourth-order valence-corrected chi connectivity index (χ4v) is 3.17. The molecule has 3 aromatic rings. The van der Waals surface area contributed by atoms with Crippen LogP contribution in [-0.2, 0) is 12.8 Å². The lowest BCUT2D eigenvalue weighted by molar-refractivity contribution is 0.374. The van der Waals surface area contributed by atoms with Crippen molar-refractivity contribution < 1.29 is 9.26 Å². The first-order valence-corrected chi connectivity index (χ1v) is 11.2. The predicted molar refractivity (Wildman–Crippen MR) is 126 cm³/mol. The van der Waals surface area contributed by atoms with E-state index in [1.54, 1.807) is 7.11 Å². The molecule has 2 aromatic heterocycles. The molecule has 3 rings (SSSR count). The van der Waals surface area contributed by atoms with E-state index in [4.69, 9.17) is 9.26 Å². The highest BCUT2D eigenvalue weighted by molar-refractivity contribution is 5.79. The van der Waals surface area contributed by atoms with Crippen LogP contribution >= 0.6 is 0 Å². The molecule has 1 aromatic carbocycles. The third kappa shape index (κ3) is 7.68. The number of nitrogens with zero attached hydrogens (tertiary/aromatic N) is 4. The summed E-state index contributed by atoms with van der Waals surface area (Å²) in [5.74, 6) is 2.94. The second kappa shape index (κ2) is 13.1. The number of aliphatic imine (C=N–C) groups is 1. The summed E-state index contributed by atoms with van der Waals surface area (Å²) in [6.45, 7) is 4.49. The Morgan fingerprint density at radius 1 is 1.03 bits per heavy atom. The lowest BCUT2D eigenvalue weighted by atomic mass is 10.2. The van der Waals surface area contributed by atoms with Gasteiger partial charge in [0, 0.05) is 49.9 Å². The van der Waals surface area contributed by atoms with Gasteiger partial charge in [-0.25, -0.2) is 0 Å². The van der Waals surface area contributed by atoms with Crippen LogP contribution in [0, 0.1) is 0 Å². The van der Waals surface area contributed by atoms with Crippen LogP contribution in [0.2, 0.25) is 0 Å². The molecule has 170 valence electrons. The van der Waals surface area contributed by atoms with Gasteiger partial charge in [-0.05, 0) is 56.2 Å². The Labute approximate surface area is 189 Å². The maximum Gasteiger partial charge on any atom is 0.226 e. The number of methoxy groups -OCH3 is 1. The Balaban J connectivity index is 1.34. The van der Waals surface area contributed by atoms with E-state index in [9.17, 15) is 0 Å². The average Bonchev–Trinajstić information content (AvgIpc) is 3.31. The molecule has 0 fully saturated rings. The molecule has 0 aliphatic heterocycles. The van der Waals surface area contributed by atoms with Gasteiger partial charge in [0.25, 0.3) is 0 Å². The Bertz CT molecular complexity index is 941. The van der Waals surface area contributed by atoms with Crippen molar-refractivity contribution in [2.45, 2.75) is 39.0 Å². The summed E-state index contributed by atoms with van der Waals surface area (Å²) in [5, 5.41) is 10.7. The number of nitrogens with one attached hydrogen (secondary N) is 2. The minimum Gasteiger partial charge on any atom is -0.497 e. The van der Waals surface area contributed by atoms with Crippen LogP contribution in [0.3, 0.4) is 0 Å². The fourth-order valence-electron chi connectivity index (χ4n) is 3.17. The van der Waals surface area contributed by atoms with E-state index in [1.165, 1.54) is 0 Å². The maximum absolute atomic E-state index is 5.39. The van der Waals surface area contributed by atoms with Gasteiger partial charge in [0.1, 0.15) is 5.75 Å². The van der Waals surface area contributed by atoms with E-state index in [-0.39, 0.29) is 0 Å². The standard InChI is InChI=1S/C24H32N6O2/c1-3-25-24(28-18-15-20-9-6-8-16-26-20)27-17-7-4-5-10-22-29-23(30-32-22)19-11-13-21(31-2)14-12-19/h6,8-9,11-14,16H,3-5,7,10,15,17-18H2,1-2H3,(H2,25,27,28). The molecule has 0 saturated heterocycles. The van der Waals surface area contributed by atoms with Gasteiger partial charge in [0.15, 0.2) is 5.96 Å². The highest BCUT2D eigenvalue weighted by atomic mass is 16.5. The second-order valence-corrected chi connectivity index (χ2v) is 7.31. The van der Waals surface area contributed by atoms with Crippen LogP contribution in [0.1, 0.15) is 37.8 Å². The molecule has 0 radical (unpaired) electrons. The topological polar surface area (TPSA) is 97.5 Å². The zero-order valence-corrected chi connectivity index (χ0v) is 18.9. The van der Waals surface area contributed by atoms with E-state index < -0.39 is 0 Å². The molecule has 32 heavy (non-hydrogen) atoms. The van der Waals surface area contributed by atoms with Crippen molar-refractivity contribution in [3.63, 3.8) is 0 Å². The third-order valence-electron chi connectivity index (χ3n) is 4.88. The Morgan fingerprint density at radius 3 is 2.66 bits per heavy atom. The zero-order valence-electron chi connectivity index (χ0n) is 18.9. The lowest BCUT2D eigenvalue weighted by Crippen LogP contribution is -2.38. The number of aromatic nitrogens is 3. The number of aryl methyl sites for hydroxylation is 1. The quantitative estimate of drug-likeness (QED) is 0.254. The molecule has 0 spiro atoms. The smallest absolute Gasteiger partial charge is 0.226 e. The molecule has 2 heterocycles. The Morgan fingerprint density at radius 2 is 1.91 bits per heavy atom. The third-order valence-corrected chi connectivity index (χ3v) is 4.88. The van der Waals surface area contributed by atoms with E-state index in [0.29, 0.717) is 11.7 Å². The van der Waals surface area contributed by atoms with Crippen molar-refractivity contribution in [1.82, 2.24) is 25.8 Å². The van der Waals surface area contributed by atoms with Crippen LogP contribution < -0.4 is 15.4 Å². The van der Waals surface area contributed by atoms with E-state index >= 15 is 0 Å². The van der Waals surface area contributed by atoms with E-state index in [2.05, 4.69) is 37.7 Å². The van der Waals surface area contributed by atoms with Gasteiger partial charge in [-0.3, -0.25) is 9.98 Å². The summed E-state index contributed by atoms with van der Waals surface area (Å²) in [7, 11) is 1.65. The van der Waals surface area contributed by atoms with Gasteiger partial charge in [0.2, 0.25) is 11.7 Å². The first-order valence-electron chi connectivity index (χ1n) is 11.2. The maximum atomic E-state index is 5.39. The average molecular weight is 437 g/mol. The number of guanidine groups is 1. The fraction of sp³-hybridized carbons (Fsp3) is 0.417. The second-order valence-electron chi connectivity index (χ2n) is 7.31. The number of hydrogen-bond donors (Lipinski definition) is 2. The van der Waals surface area contributed by atoms with Crippen LogP contribution in [0.5, 0.6) is 5.75 Å². The molecule has 2 N–H and O–H groups in total. The van der Waals surface area contributed by atoms with Crippen molar-refractivity contribution in [3.8, 4) is 17.1 Å². The number of unbranched alkanes of at least 4 members (excludes halogenated alkanes) is 2. The first-order chi connectivity index (χ1) is 15.8. The Hall–Kier alpha value is -3.42. The summed E-state index contributed by atoms with van der Waals surface area (Å²) >= 11 is 0. The van der Waals surface area contributed by atoms with Gasteiger partial charge >= 0.3 is 0 Å². The minimum atomic E-state index is 0.610. The molecule has 8 heteroatoms.